The first-order valence-electron chi connectivity index (χ1n) is 11.8. The standard InChI is InChI=1S/C26H28FN3O3/c1-30-24(32)26(29-25(30)28)20-12-15(17-9-16(10-18(27)11-17)14-3-2-4-14)5-7-22(20)33-23-8-6-19(31)13-21(23)26/h5,7,9-12,14,19,21,23,31H,2-4,6,8,13H2,1H3,(H2,28,29). The van der Waals surface area contributed by atoms with Gasteiger partial charge in [-0.15, -0.1) is 0 Å². The highest BCUT2D eigenvalue weighted by Crippen LogP contribution is 2.54. The number of benzene rings is 2. The number of fused-ring (bicyclic) bond motifs is 4. The van der Waals surface area contributed by atoms with Gasteiger partial charge in [0.25, 0.3) is 5.91 Å². The Balaban J connectivity index is 1.51. The maximum Gasteiger partial charge on any atom is 0.262 e. The second-order valence-electron chi connectivity index (χ2n) is 9.94. The molecule has 2 aliphatic carbocycles. The Bertz CT molecular complexity index is 1180. The van der Waals surface area contributed by atoms with E-state index in [4.69, 9.17) is 15.5 Å². The Hall–Kier alpha value is -2.93. The minimum atomic E-state index is -1.24. The molecule has 6 rings (SSSR count). The molecule has 172 valence electrons. The summed E-state index contributed by atoms with van der Waals surface area (Å²) < 4.78 is 20.9. The fourth-order valence-corrected chi connectivity index (χ4v) is 6.01. The average Bonchev–Trinajstić information content (AvgIpc) is 2.97. The van der Waals surface area contributed by atoms with Crippen LogP contribution in [0.1, 0.15) is 55.6 Å². The topological polar surface area (TPSA) is 88.2 Å². The van der Waals surface area contributed by atoms with E-state index in [0.29, 0.717) is 36.5 Å². The third-order valence-corrected chi connectivity index (χ3v) is 8.06. The van der Waals surface area contributed by atoms with E-state index in [1.54, 1.807) is 13.1 Å². The molecule has 0 bridgehead atoms. The van der Waals surface area contributed by atoms with Gasteiger partial charge in [0, 0.05) is 18.5 Å². The van der Waals surface area contributed by atoms with E-state index in [2.05, 4.69) is 6.07 Å². The summed E-state index contributed by atoms with van der Waals surface area (Å²) in [6.45, 7) is 0. The molecular weight excluding hydrogens is 421 g/mol. The van der Waals surface area contributed by atoms with Crippen molar-refractivity contribution in [3.05, 3.63) is 53.3 Å². The van der Waals surface area contributed by atoms with Gasteiger partial charge in [0.15, 0.2) is 11.5 Å². The fraction of sp³-hybridized carbons (Fsp3) is 0.462. The van der Waals surface area contributed by atoms with Crippen molar-refractivity contribution >= 4 is 11.9 Å². The van der Waals surface area contributed by atoms with E-state index >= 15 is 0 Å². The lowest BCUT2D eigenvalue weighted by Gasteiger charge is -2.47. The molecule has 2 aromatic rings. The number of likely N-dealkylation sites (N-methyl/N-ethyl adjacent to an activating group) is 1. The monoisotopic (exact) mass is 449 g/mol. The maximum atomic E-state index is 14.5. The van der Waals surface area contributed by atoms with Gasteiger partial charge < -0.3 is 15.6 Å². The molecule has 1 spiro atoms. The molecular formula is C26H28FN3O3. The third kappa shape index (κ3) is 3.01. The normalized spacial score (nSPS) is 31.0. The quantitative estimate of drug-likeness (QED) is 0.732. The van der Waals surface area contributed by atoms with Crippen LogP contribution in [0.5, 0.6) is 5.75 Å². The lowest BCUT2D eigenvalue weighted by molar-refractivity contribution is -0.138. The number of carbonyl (C=O) groups excluding carboxylic acids is 1. The average molecular weight is 450 g/mol. The number of aliphatic imine (C=N–C) groups is 1. The van der Waals surface area contributed by atoms with E-state index in [-0.39, 0.29) is 29.7 Å². The van der Waals surface area contributed by atoms with Crippen LogP contribution in [0, 0.1) is 11.7 Å². The zero-order chi connectivity index (χ0) is 22.9. The Kier molecular flexibility index (Phi) is 4.56. The van der Waals surface area contributed by atoms with Crippen LogP contribution in [0.15, 0.2) is 41.4 Å². The highest BCUT2D eigenvalue weighted by atomic mass is 19.1. The highest BCUT2D eigenvalue weighted by molar-refractivity contribution is 6.07. The minimum Gasteiger partial charge on any atom is -0.490 e. The number of nitrogens with zero attached hydrogens (tertiary/aromatic N) is 2. The second-order valence-corrected chi connectivity index (χ2v) is 9.94. The number of carbonyl (C=O) groups is 1. The Labute approximate surface area is 192 Å². The maximum absolute atomic E-state index is 14.5. The lowest BCUT2D eigenvalue weighted by atomic mass is 9.66. The molecule has 1 amide bonds. The number of nitrogens with two attached hydrogens (primary N) is 1. The molecule has 4 atom stereocenters. The van der Waals surface area contributed by atoms with Crippen molar-refractivity contribution < 1.29 is 19.0 Å². The predicted molar refractivity (Wildman–Crippen MR) is 122 cm³/mol. The van der Waals surface area contributed by atoms with E-state index in [1.165, 1.54) is 17.4 Å². The zero-order valence-corrected chi connectivity index (χ0v) is 18.6. The molecule has 2 fully saturated rings. The van der Waals surface area contributed by atoms with E-state index in [9.17, 15) is 14.3 Å². The Morgan fingerprint density at radius 2 is 1.97 bits per heavy atom. The minimum absolute atomic E-state index is 0.162. The molecule has 6 nitrogen and oxygen atoms in total. The van der Waals surface area contributed by atoms with E-state index < -0.39 is 11.6 Å². The Morgan fingerprint density at radius 3 is 2.67 bits per heavy atom. The summed E-state index contributed by atoms with van der Waals surface area (Å²) in [5.41, 5.74) is 8.14. The number of rotatable bonds is 2. The smallest absolute Gasteiger partial charge is 0.262 e. The van der Waals surface area contributed by atoms with Crippen molar-refractivity contribution in [3.8, 4) is 16.9 Å². The van der Waals surface area contributed by atoms with E-state index in [0.717, 1.165) is 29.5 Å². The van der Waals surface area contributed by atoms with Crippen molar-refractivity contribution in [2.45, 2.75) is 62.2 Å². The van der Waals surface area contributed by atoms with Gasteiger partial charge >= 0.3 is 0 Å². The fourth-order valence-electron chi connectivity index (χ4n) is 6.01. The van der Waals surface area contributed by atoms with Gasteiger partial charge in [-0.2, -0.15) is 0 Å². The summed E-state index contributed by atoms with van der Waals surface area (Å²) in [5, 5.41) is 10.4. The molecule has 4 unspecified atom stereocenters. The summed E-state index contributed by atoms with van der Waals surface area (Å²) in [7, 11) is 1.63. The molecule has 2 aliphatic heterocycles. The van der Waals surface area contributed by atoms with Crippen molar-refractivity contribution in [1.29, 1.82) is 0 Å². The summed E-state index contributed by atoms with van der Waals surface area (Å²) in [6.07, 6.45) is 4.30. The molecule has 2 saturated carbocycles. The van der Waals surface area contributed by atoms with Gasteiger partial charge in [0.2, 0.25) is 0 Å². The molecule has 7 heteroatoms. The van der Waals surface area contributed by atoms with Gasteiger partial charge in [0.1, 0.15) is 17.7 Å². The first kappa shape index (κ1) is 20.7. The number of aliphatic hydroxyl groups excluding tert-OH is 1. The zero-order valence-electron chi connectivity index (χ0n) is 18.6. The SMILES string of the molecule is CN1C(=O)C2(N=C1N)c1cc(-c3cc(F)cc(C4CCC4)c3)ccc1OC1CCC(O)CC12. The molecule has 0 saturated heterocycles. The van der Waals surface area contributed by atoms with Crippen molar-refractivity contribution in [2.24, 2.45) is 16.6 Å². The highest BCUT2D eigenvalue weighted by Gasteiger charge is 2.61. The number of guanidine groups is 1. The molecule has 4 aliphatic rings. The molecule has 33 heavy (non-hydrogen) atoms. The summed E-state index contributed by atoms with van der Waals surface area (Å²) >= 11 is 0. The van der Waals surface area contributed by atoms with Crippen molar-refractivity contribution in [2.75, 3.05) is 7.05 Å². The van der Waals surface area contributed by atoms with Crippen LogP contribution < -0.4 is 10.5 Å². The second kappa shape index (κ2) is 7.29. The molecule has 3 N–H and O–H groups in total. The van der Waals surface area contributed by atoms with Crippen molar-refractivity contribution in [3.63, 3.8) is 0 Å². The van der Waals surface area contributed by atoms with Crippen LogP contribution in [-0.4, -0.2) is 41.1 Å². The van der Waals surface area contributed by atoms with Crippen LogP contribution in [-0.2, 0) is 10.3 Å². The first-order chi connectivity index (χ1) is 15.9. The number of aliphatic hydroxyl groups is 1. The van der Waals surface area contributed by atoms with Crippen LogP contribution in [0.3, 0.4) is 0 Å². The number of ether oxygens (including phenoxy) is 1. The lowest BCUT2D eigenvalue weighted by Crippen LogP contribution is -2.55. The third-order valence-electron chi connectivity index (χ3n) is 8.06. The van der Waals surface area contributed by atoms with Crippen LogP contribution in [0.4, 0.5) is 4.39 Å². The summed E-state index contributed by atoms with van der Waals surface area (Å²) in [5.74, 6) is 0.388. The number of amides is 1. The predicted octanol–water partition coefficient (Wildman–Crippen LogP) is 3.66. The Morgan fingerprint density at radius 1 is 1.15 bits per heavy atom. The number of halogens is 1. The van der Waals surface area contributed by atoms with Gasteiger partial charge in [-0.05, 0) is 79.0 Å². The molecule has 0 radical (unpaired) electrons. The van der Waals surface area contributed by atoms with E-state index in [1.807, 2.05) is 18.2 Å². The number of hydrogen-bond acceptors (Lipinski definition) is 5. The van der Waals surface area contributed by atoms with Crippen LogP contribution >= 0.6 is 0 Å². The molecule has 0 aromatic heterocycles. The van der Waals surface area contributed by atoms with Crippen LogP contribution in [0.25, 0.3) is 11.1 Å². The van der Waals surface area contributed by atoms with Gasteiger partial charge in [-0.1, -0.05) is 18.6 Å². The summed E-state index contributed by atoms with van der Waals surface area (Å²) in [4.78, 5) is 19.8. The first-order valence-corrected chi connectivity index (χ1v) is 11.8. The van der Waals surface area contributed by atoms with Crippen LogP contribution in [0.2, 0.25) is 0 Å². The van der Waals surface area contributed by atoms with Gasteiger partial charge in [-0.25, -0.2) is 9.38 Å². The van der Waals surface area contributed by atoms with Gasteiger partial charge in [-0.3, -0.25) is 9.69 Å². The molecule has 2 aromatic carbocycles. The van der Waals surface area contributed by atoms with Crippen molar-refractivity contribution in [1.82, 2.24) is 4.90 Å². The van der Waals surface area contributed by atoms with Gasteiger partial charge in [0.05, 0.1) is 6.10 Å². The molecule has 2 heterocycles. The number of hydrogen-bond donors (Lipinski definition) is 2. The summed E-state index contributed by atoms with van der Waals surface area (Å²) in [6, 6.07) is 10.9. The largest absolute Gasteiger partial charge is 0.490 e.